The van der Waals surface area contributed by atoms with E-state index in [0.717, 1.165) is 29.7 Å². The standard InChI is InChI=1S/C22H22FN3O3/c1-29-19-6-2-4-16-5-3-13-25(21(16)19)22(28)18-11-12-20(27)26(24-18)14-15-7-9-17(23)10-8-15/h2,4,6-10H,3,5,11-14H2,1H3. The maximum Gasteiger partial charge on any atom is 0.274 e. The average Bonchev–Trinajstić information content (AvgIpc) is 2.75. The second kappa shape index (κ2) is 8.03. The highest BCUT2D eigenvalue weighted by atomic mass is 19.1. The monoisotopic (exact) mass is 395 g/mol. The summed E-state index contributed by atoms with van der Waals surface area (Å²) >= 11 is 0. The van der Waals surface area contributed by atoms with Crippen LogP contribution in [-0.4, -0.2) is 36.2 Å². The van der Waals surface area contributed by atoms with E-state index in [4.69, 9.17) is 4.74 Å². The Kier molecular flexibility index (Phi) is 5.29. The van der Waals surface area contributed by atoms with Crippen LogP contribution in [-0.2, 0) is 22.6 Å². The van der Waals surface area contributed by atoms with Gasteiger partial charge in [0.25, 0.3) is 5.91 Å². The Hall–Kier alpha value is -3.22. The minimum atomic E-state index is -0.337. The van der Waals surface area contributed by atoms with E-state index in [0.29, 0.717) is 24.4 Å². The summed E-state index contributed by atoms with van der Waals surface area (Å²) in [4.78, 5) is 27.3. The molecule has 0 aliphatic carbocycles. The Labute approximate surface area is 168 Å². The van der Waals surface area contributed by atoms with Gasteiger partial charge in [0.2, 0.25) is 5.91 Å². The predicted octanol–water partition coefficient (Wildman–Crippen LogP) is 3.29. The fourth-order valence-electron chi connectivity index (χ4n) is 3.78. The molecule has 2 aromatic rings. The Morgan fingerprint density at radius 1 is 1.14 bits per heavy atom. The summed E-state index contributed by atoms with van der Waals surface area (Å²) in [6.07, 6.45) is 2.27. The first-order valence-electron chi connectivity index (χ1n) is 9.67. The van der Waals surface area contributed by atoms with Crippen LogP contribution < -0.4 is 9.64 Å². The van der Waals surface area contributed by atoms with Gasteiger partial charge >= 0.3 is 0 Å². The van der Waals surface area contributed by atoms with Gasteiger partial charge in [-0.05, 0) is 42.2 Å². The Bertz CT molecular complexity index is 958. The molecule has 150 valence electrons. The van der Waals surface area contributed by atoms with E-state index in [1.165, 1.54) is 17.1 Å². The van der Waals surface area contributed by atoms with Crippen LogP contribution in [0.15, 0.2) is 47.6 Å². The van der Waals surface area contributed by atoms with Crippen LogP contribution in [0.5, 0.6) is 5.75 Å². The second-order valence-electron chi connectivity index (χ2n) is 7.15. The van der Waals surface area contributed by atoms with Crippen LogP contribution in [0, 0.1) is 5.82 Å². The zero-order valence-corrected chi connectivity index (χ0v) is 16.2. The first-order valence-corrected chi connectivity index (χ1v) is 9.67. The van der Waals surface area contributed by atoms with Crippen molar-refractivity contribution in [2.24, 2.45) is 5.10 Å². The smallest absolute Gasteiger partial charge is 0.274 e. The van der Waals surface area contributed by atoms with Crippen LogP contribution in [0.25, 0.3) is 0 Å². The van der Waals surface area contributed by atoms with Gasteiger partial charge in [0.05, 0.1) is 19.3 Å². The van der Waals surface area contributed by atoms with Crippen molar-refractivity contribution >= 4 is 23.2 Å². The van der Waals surface area contributed by atoms with Gasteiger partial charge in [-0.2, -0.15) is 5.10 Å². The van der Waals surface area contributed by atoms with E-state index in [1.54, 1.807) is 24.1 Å². The number of halogens is 1. The first kappa shape index (κ1) is 19.1. The molecule has 2 aliphatic rings. The third-order valence-electron chi connectivity index (χ3n) is 5.24. The number of carbonyl (C=O) groups excluding carboxylic acids is 2. The van der Waals surface area contributed by atoms with Gasteiger partial charge in [0.1, 0.15) is 17.3 Å². The van der Waals surface area contributed by atoms with Crippen LogP contribution >= 0.6 is 0 Å². The molecule has 4 rings (SSSR count). The third-order valence-corrected chi connectivity index (χ3v) is 5.24. The van der Waals surface area contributed by atoms with Crippen molar-refractivity contribution in [3.8, 4) is 5.75 Å². The Morgan fingerprint density at radius 2 is 1.93 bits per heavy atom. The number of ether oxygens (including phenoxy) is 1. The lowest BCUT2D eigenvalue weighted by Gasteiger charge is -2.32. The SMILES string of the molecule is COc1cccc2c1N(C(=O)C1=NN(Cc3ccc(F)cc3)C(=O)CC1)CCC2. The average molecular weight is 395 g/mol. The molecule has 0 aromatic heterocycles. The topological polar surface area (TPSA) is 62.2 Å². The fraction of sp³-hybridized carbons (Fsp3) is 0.318. The number of rotatable bonds is 4. The zero-order chi connectivity index (χ0) is 20.4. The van der Waals surface area contributed by atoms with Crippen molar-refractivity contribution in [3.63, 3.8) is 0 Å². The van der Waals surface area contributed by atoms with Crippen molar-refractivity contribution in [2.45, 2.75) is 32.2 Å². The van der Waals surface area contributed by atoms with E-state index in [9.17, 15) is 14.0 Å². The molecule has 2 amide bonds. The summed E-state index contributed by atoms with van der Waals surface area (Å²) in [5.74, 6) is -0.0310. The number of carbonyl (C=O) groups is 2. The summed E-state index contributed by atoms with van der Waals surface area (Å²) in [7, 11) is 1.59. The predicted molar refractivity (Wildman–Crippen MR) is 107 cm³/mol. The number of aryl methyl sites for hydroxylation is 1. The van der Waals surface area contributed by atoms with Crippen LogP contribution in [0.1, 0.15) is 30.4 Å². The molecular weight excluding hydrogens is 373 g/mol. The molecule has 2 heterocycles. The largest absolute Gasteiger partial charge is 0.495 e. The van der Waals surface area contributed by atoms with Crippen LogP contribution in [0.2, 0.25) is 0 Å². The summed E-state index contributed by atoms with van der Waals surface area (Å²) in [6.45, 7) is 0.785. The maximum absolute atomic E-state index is 13.3. The molecule has 0 atom stereocenters. The van der Waals surface area contributed by atoms with E-state index in [2.05, 4.69) is 5.10 Å². The van der Waals surface area contributed by atoms with Gasteiger partial charge in [-0.25, -0.2) is 9.40 Å². The van der Waals surface area contributed by atoms with Gasteiger partial charge in [-0.3, -0.25) is 9.59 Å². The lowest BCUT2D eigenvalue weighted by Crippen LogP contribution is -2.43. The molecule has 0 fully saturated rings. The molecule has 6 nitrogen and oxygen atoms in total. The van der Waals surface area contributed by atoms with Crippen molar-refractivity contribution in [3.05, 3.63) is 59.4 Å². The summed E-state index contributed by atoms with van der Waals surface area (Å²) in [5, 5.41) is 5.66. The molecule has 7 heteroatoms. The number of hydrazone groups is 1. The molecule has 0 spiro atoms. The molecule has 0 unspecified atom stereocenters. The van der Waals surface area contributed by atoms with E-state index in [1.807, 2.05) is 18.2 Å². The van der Waals surface area contributed by atoms with Crippen molar-refractivity contribution in [1.29, 1.82) is 0 Å². The normalized spacial score (nSPS) is 16.3. The molecule has 29 heavy (non-hydrogen) atoms. The minimum absolute atomic E-state index is 0.150. The Balaban J connectivity index is 1.60. The number of nitrogens with zero attached hydrogens (tertiary/aromatic N) is 3. The number of para-hydroxylation sites is 1. The molecule has 2 aliphatic heterocycles. The lowest BCUT2D eigenvalue weighted by molar-refractivity contribution is -0.132. The number of benzene rings is 2. The fourth-order valence-corrected chi connectivity index (χ4v) is 3.78. The molecule has 2 aromatic carbocycles. The molecule has 0 bridgehead atoms. The maximum atomic E-state index is 13.3. The number of hydrogen-bond donors (Lipinski definition) is 0. The number of fused-ring (bicyclic) bond motifs is 1. The highest BCUT2D eigenvalue weighted by molar-refractivity contribution is 6.44. The van der Waals surface area contributed by atoms with E-state index >= 15 is 0 Å². The molecular formula is C22H22FN3O3. The summed E-state index contributed by atoms with van der Waals surface area (Å²) in [5.41, 5.74) is 2.96. The van der Waals surface area contributed by atoms with Crippen molar-refractivity contribution < 1.29 is 18.7 Å². The molecule has 0 N–H and O–H groups in total. The summed E-state index contributed by atoms with van der Waals surface area (Å²) in [6, 6.07) is 11.7. The van der Waals surface area contributed by atoms with Crippen LogP contribution in [0.4, 0.5) is 10.1 Å². The minimum Gasteiger partial charge on any atom is -0.495 e. The molecule has 0 saturated heterocycles. The molecule has 0 radical (unpaired) electrons. The second-order valence-corrected chi connectivity index (χ2v) is 7.15. The van der Waals surface area contributed by atoms with Gasteiger partial charge in [-0.1, -0.05) is 24.3 Å². The van der Waals surface area contributed by atoms with E-state index < -0.39 is 0 Å². The summed E-state index contributed by atoms with van der Waals surface area (Å²) < 4.78 is 18.6. The number of amides is 2. The number of anilines is 1. The highest BCUT2D eigenvalue weighted by Gasteiger charge is 2.32. The first-order chi connectivity index (χ1) is 14.1. The third kappa shape index (κ3) is 3.85. The van der Waals surface area contributed by atoms with Crippen molar-refractivity contribution in [1.82, 2.24) is 5.01 Å². The van der Waals surface area contributed by atoms with Crippen LogP contribution in [0.3, 0.4) is 0 Å². The molecule has 0 saturated carbocycles. The Morgan fingerprint density at radius 3 is 2.69 bits per heavy atom. The van der Waals surface area contributed by atoms with Gasteiger partial charge in [0.15, 0.2) is 0 Å². The van der Waals surface area contributed by atoms with Crippen molar-refractivity contribution in [2.75, 3.05) is 18.6 Å². The number of hydrogen-bond acceptors (Lipinski definition) is 4. The van der Waals surface area contributed by atoms with Gasteiger partial charge < -0.3 is 9.64 Å². The van der Waals surface area contributed by atoms with Gasteiger partial charge in [0, 0.05) is 19.4 Å². The zero-order valence-electron chi connectivity index (χ0n) is 16.2. The highest BCUT2D eigenvalue weighted by Crippen LogP contribution is 2.36. The van der Waals surface area contributed by atoms with Gasteiger partial charge in [-0.15, -0.1) is 0 Å². The quantitative estimate of drug-likeness (QED) is 0.798. The number of methoxy groups -OCH3 is 1. The van der Waals surface area contributed by atoms with E-state index in [-0.39, 0.29) is 30.6 Å². The lowest BCUT2D eigenvalue weighted by atomic mass is 9.99.